The minimum absolute atomic E-state index is 0.226. The zero-order valence-corrected chi connectivity index (χ0v) is 13.2. The summed E-state index contributed by atoms with van der Waals surface area (Å²) in [5.74, 6) is -0.319. The molecule has 3 nitrogen and oxygen atoms in total. The Hall–Kier alpha value is -1.92. The number of rotatable bonds is 2. The van der Waals surface area contributed by atoms with Crippen LogP contribution in [-0.4, -0.2) is 9.55 Å². The lowest BCUT2D eigenvalue weighted by atomic mass is 10.3. The van der Waals surface area contributed by atoms with E-state index in [4.69, 9.17) is 27.9 Å². The molecule has 120 valence electrons. The van der Waals surface area contributed by atoms with Crippen LogP contribution in [-0.2, 0) is 13.2 Å². The summed E-state index contributed by atoms with van der Waals surface area (Å²) in [4.78, 5) is 3.60. The Balaban J connectivity index is 2.03. The molecule has 0 fully saturated rings. The van der Waals surface area contributed by atoms with Crippen molar-refractivity contribution in [2.24, 2.45) is 7.05 Å². The van der Waals surface area contributed by atoms with E-state index in [1.54, 1.807) is 18.2 Å². The van der Waals surface area contributed by atoms with Crippen LogP contribution in [0.5, 0.6) is 11.5 Å². The topological polar surface area (TPSA) is 27.1 Å². The van der Waals surface area contributed by atoms with E-state index in [0.717, 1.165) is 4.57 Å². The van der Waals surface area contributed by atoms with Gasteiger partial charge in [-0.3, -0.25) is 0 Å². The maximum atomic E-state index is 12.9. The van der Waals surface area contributed by atoms with Crippen LogP contribution >= 0.6 is 23.2 Å². The third kappa shape index (κ3) is 2.96. The van der Waals surface area contributed by atoms with Gasteiger partial charge in [0.15, 0.2) is 0 Å². The van der Waals surface area contributed by atoms with Crippen molar-refractivity contribution in [2.45, 2.75) is 6.18 Å². The number of alkyl halides is 3. The number of benzene rings is 2. The van der Waals surface area contributed by atoms with Gasteiger partial charge in [0.25, 0.3) is 0 Å². The fourth-order valence-corrected chi connectivity index (χ4v) is 2.51. The molecule has 0 unspecified atom stereocenters. The highest BCUT2D eigenvalue weighted by molar-refractivity contribution is 6.42. The highest BCUT2D eigenvalue weighted by Crippen LogP contribution is 2.36. The molecule has 8 heteroatoms. The van der Waals surface area contributed by atoms with Crippen molar-refractivity contribution in [1.29, 1.82) is 0 Å². The fourth-order valence-electron chi connectivity index (χ4n) is 2.18. The van der Waals surface area contributed by atoms with Crippen molar-refractivity contribution >= 4 is 34.2 Å². The lowest BCUT2D eigenvalue weighted by molar-refractivity contribution is -0.146. The fraction of sp³-hybridized carbons (Fsp3) is 0.133. The van der Waals surface area contributed by atoms with Crippen molar-refractivity contribution < 1.29 is 17.9 Å². The first-order valence-electron chi connectivity index (χ1n) is 6.43. The Kier molecular flexibility index (Phi) is 3.90. The van der Waals surface area contributed by atoms with E-state index in [2.05, 4.69) is 4.98 Å². The summed E-state index contributed by atoms with van der Waals surface area (Å²) in [6, 6.07) is 9.33. The molecule has 0 aliphatic heterocycles. The molecule has 3 rings (SSSR count). The molecule has 0 spiro atoms. The molecule has 1 heterocycles. The highest BCUT2D eigenvalue weighted by Gasteiger charge is 2.36. The third-order valence-corrected chi connectivity index (χ3v) is 4.05. The van der Waals surface area contributed by atoms with Gasteiger partial charge in [0.2, 0.25) is 5.82 Å². The van der Waals surface area contributed by atoms with Crippen molar-refractivity contribution in [3.63, 3.8) is 0 Å². The number of halogens is 5. The van der Waals surface area contributed by atoms with Crippen LogP contribution in [0.25, 0.3) is 11.0 Å². The van der Waals surface area contributed by atoms with Crippen molar-refractivity contribution in [1.82, 2.24) is 9.55 Å². The molecule has 0 bridgehead atoms. The standard InChI is InChI=1S/C15H9Cl2F3N2O/c1-22-11-7-8(23-12-4-2-3-9(16)13(12)17)5-6-10(11)21-14(22)15(18,19)20/h2-7H,1H3. The van der Waals surface area contributed by atoms with Crippen molar-refractivity contribution in [3.05, 3.63) is 52.3 Å². The molecule has 1 aromatic heterocycles. The maximum Gasteiger partial charge on any atom is 0.449 e. The van der Waals surface area contributed by atoms with Gasteiger partial charge in [-0.05, 0) is 24.3 Å². The Morgan fingerprint density at radius 1 is 1.13 bits per heavy atom. The normalized spacial score (nSPS) is 11.9. The van der Waals surface area contributed by atoms with Gasteiger partial charge in [-0.15, -0.1) is 0 Å². The minimum atomic E-state index is -4.52. The summed E-state index contributed by atoms with van der Waals surface area (Å²) in [7, 11) is 1.30. The number of ether oxygens (including phenoxy) is 1. The summed E-state index contributed by atoms with van der Waals surface area (Å²) in [6.45, 7) is 0. The highest BCUT2D eigenvalue weighted by atomic mass is 35.5. The number of aryl methyl sites for hydroxylation is 1. The predicted octanol–water partition coefficient (Wildman–Crippen LogP) is 5.69. The van der Waals surface area contributed by atoms with E-state index in [-0.39, 0.29) is 10.5 Å². The average molecular weight is 361 g/mol. The molecule has 0 saturated heterocycles. The summed E-state index contributed by atoms with van der Waals surface area (Å²) >= 11 is 11.9. The number of nitrogens with zero attached hydrogens (tertiary/aromatic N) is 2. The summed E-state index contributed by atoms with van der Waals surface area (Å²) in [5, 5.41) is 0.556. The third-order valence-electron chi connectivity index (χ3n) is 3.25. The van der Waals surface area contributed by atoms with E-state index in [0.29, 0.717) is 22.0 Å². The molecule has 0 aliphatic carbocycles. The number of aromatic nitrogens is 2. The molecule has 3 aromatic rings. The van der Waals surface area contributed by atoms with Gasteiger partial charge in [0.05, 0.1) is 16.1 Å². The number of hydrogen-bond acceptors (Lipinski definition) is 2. The first kappa shape index (κ1) is 16.0. The molecular weight excluding hydrogens is 352 g/mol. The monoisotopic (exact) mass is 360 g/mol. The Morgan fingerprint density at radius 3 is 2.57 bits per heavy atom. The molecule has 0 atom stereocenters. The summed E-state index contributed by atoms with van der Waals surface area (Å²) in [6.07, 6.45) is -4.52. The molecule has 23 heavy (non-hydrogen) atoms. The molecule has 0 saturated carbocycles. The van der Waals surface area contributed by atoms with Gasteiger partial charge in [-0.25, -0.2) is 4.98 Å². The Bertz CT molecular complexity index is 890. The number of imidazole rings is 1. The van der Waals surface area contributed by atoms with Gasteiger partial charge in [-0.2, -0.15) is 13.2 Å². The maximum absolute atomic E-state index is 12.9. The average Bonchev–Trinajstić information content (AvgIpc) is 2.81. The second-order valence-corrected chi connectivity index (χ2v) is 5.58. The molecule has 0 aliphatic rings. The van der Waals surface area contributed by atoms with Crippen LogP contribution in [0.3, 0.4) is 0 Å². The quantitative estimate of drug-likeness (QED) is 0.586. The van der Waals surface area contributed by atoms with Crippen molar-refractivity contribution in [3.8, 4) is 11.5 Å². The lowest BCUT2D eigenvalue weighted by Gasteiger charge is -2.09. The smallest absolute Gasteiger partial charge is 0.449 e. The van der Waals surface area contributed by atoms with E-state index in [1.807, 2.05) is 0 Å². The Morgan fingerprint density at radius 2 is 1.87 bits per heavy atom. The van der Waals surface area contributed by atoms with Gasteiger partial charge in [0.1, 0.15) is 16.5 Å². The minimum Gasteiger partial charge on any atom is -0.456 e. The van der Waals surface area contributed by atoms with Crippen LogP contribution in [0.1, 0.15) is 5.82 Å². The summed E-state index contributed by atoms with van der Waals surface area (Å²) < 4.78 is 45.2. The molecule has 0 amide bonds. The largest absolute Gasteiger partial charge is 0.456 e. The van der Waals surface area contributed by atoms with Crippen LogP contribution in [0, 0.1) is 0 Å². The number of fused-ring (bicyclic) bond motifs is 1. The van der Waals surface area contributed by atoms with Gasteiger partial charge in [-0.1, -0.05) is 29.3 Å². The second kappa shape index (κ2) is 5.62. The van der Waals surface area contributed by atoms with Crippen LogP contribution in [0.2, 0.25) is 10.0 Å². The molecule has 2 aromatic carbocycles. The first-order chi connectivity index (χ1) is 10.8. The van der Waals surface area contributed by atoms with Crippen molar-refractivity contribution in [2.75, 3.05) is 0 Å². The predicted molar refractivity (Wildman–Crippen MR) is 82.3 cm³/mol. The molecular formula is C15H9Cl2F3N2O. The van der Waals surface area contributed by atoms with Crippen LogP contribution in [0.4, 0.5) is 13.2 Å². The van der Waals surface area contributed by atoms with Crippen LogP contribution in [0.15, 0.2) is 36.4 Å². The zero-order valence-electron chi connectivity index (χ0n) is 11.7. The second-order valence-electron chi connectivity index (χ2n) is 4.80. The first-order valence-corrected chi connectivity index (χ1v) is 7.18. The zero-order chi connectivity index (χ0) is 16.8. The van der Waals surface area contributed by atoms with E-state index in [1.165, 1.54) is 25.2 Å². The Labute approximate surface area is 139 Å². The molecule has 0 radical (unpaired) electrons. The van der Waals surface area contributed by atoms with Gasteiger partial charge >= 0.3 is 6.18 Å². The van der Waals surface area contributed by atoms with Gasteiger partial charge in [0, 0.05) is 13.1 Å². The van der Waals surface area contributed by atoms with E-state index in [9.17, 15) is 13.2 Å². The summed E-state index contributed by atoms with van der Waals surface area (Å²) in [5.41, 5.74) is 0.525. The van der Waals surface area contributed by atoms with Crippen LogP contribution < -0.4 is 4.74 Å². The number of hydrogen-bond donors (Lipinski definition) is 0. The molecule has 0 N–H and O–H groups in total. The van der Waals surface area contributed by atoms with E-state index < -0.39 is 12.0 Å². The van der Waals surface area contributed by atoms with E-state index >= 15 is 0 Å². The van der Waals surface area contributed by atoms with Gasteiger partial charge < -0.3 is 9.30 Å². The SMILES string of the molecule is Cn1c(C(F)(F)F)nc2ccc(Oc3cccc(Cl)c3Cl)cc21. The lowest BCUT2D eigenvalue weighted by Crippen LogP contribution is -2.12.